The zero-order chi connectivity index (χ0) is 34.2. The average Bonchev–Trinajstić information content (AvgIpc) is 3.90. The minimum absolute atomic E-state index is 0.867. The Morgan fingerprint density at radius 2 is 0.942 bits per heavy atom. The molecule has 11 aromatic rings. The third-order valence-corrected chi connectivity index (χ3v) is 11.6. The molecule has 0 fully saturated rings. The second-order valence-electron chi connectivity index (χ2n) is 13.2. The zero-order valence-corrected chi connectivity index (χ0v) is 28.7. The van der Waals surface area contributed by atoms with E-state index in [0.717, 1.165) is 72.1 Å². The van der Waals surface area contributed by atoms with Gasteiger partial charge in [-0.25, -0.2) is 0 Å². The Bertz CT molecular complexity index is 3130. The lowest BCUT2D eigenvalue weighted by Gasteiger charge is -2.26. The SMILES string of the molecule is c1ccc(-c2cccc3c2sc2c(N(c4ccc(-c5cccc6c5oc5ccccc56)cc4)c4ccc5c(c4)oc4ccccc45)cccc23)cc1. The summed E-state index contributed by atoms with van der Waals surface area (Å²) in [6.45, 7) is 0. The third-order valence-electron chi connectivity index (χ3n) is 10.3. The van der Waals surface area contributed by atoms with Crippen LogP contribution in [0.2, 0.25) is 0 Å². The van der Waals surface area contributed by atoms with Crippen LogP contribution in [0, 0.1) is 0 Å². The van der Waals surface area contributed by atoms with E-state index in [2.05, 4.69) is 157 Å². The highest BCUT2D eigenvalue weighted by Gasteiger charge is 2.21. The quantitative estimate of drug-likeness (QED) is 0.181. The molecule has 0 saturated carbocycles. The summed E-state index contributed by atoms with van der Waals surface area (Å²) in [6, 6.07) is 62.4. The summed E-state index contributed by atoms with van der Waals surface area (Å²) in [6.07, 6.45) is 0. The highest BCUT2D eigenvalue weighted by atomic mass is 32.1. The molecule has 52 heavy (non-hydrogen) atoms. The van der Waals surface area contributed by atoms with Crippen molar-refractivity contribution in [3.8, 4) is 22.3 Å². The summed E-state index contributed by atoms with van der Waals surface area (Å²) >= 11 is 1.86. The molecule has 0 radical (unpaired) electrons. The van der Waals surface area contributed by atoms with Gasteiger partial charge in [-0.1, -0.05) is 127 Å². The molecule has 0 aliphatic rings. The normalized spacial score (nSPS) is 11.8. The summed E-state index contributed by atoms with van der Waals surface area (Å²) in [7, 11) is 0. The number of furan rings is 2. The highest BCUT2D eigenvalue weighted by Crippen LogP contribution is 2.48. The van der Waals surface area contributed by atoms with Crippen LogP contribution in [-0.4, -0.2) is 0 Å². The monoisotopic (exact) mass is 683 g/mol. The van der Waals surface area contributed by atoms with Crippen LogP contribution in [0.5, 0.6) is 0 Å². The Morgan fingerprint density at radius 1 is 0.365 bits per heavy atom. The molecule has 0 unspecified atom stereocenters. The first-order valence-electron chi connectivity index (χ1n) is 17.5. The van der Waals surface area contributed by atoms with Crippen molar-refractivity contribution in [2.45, 2.75) is 0 Å². The van der Waals surface area contributed by atoms with Crippen LogP contribution >= 0.6 is 11.3 Å². The standard InChI is InChI=1S/C48H29NO2S/c1-2-11-30(12-3-1)35-16-9-18-40-41-19-10-20-42(48(41)52-47(35)40)49(33-27-28-38-36-13-4-6-21-43(36)50-45(38)29-33)32-25-23-31(24-26-32)34-15-8-17-39-37-14-5-7-22-44(37)51-46(34)39/h1-29H. The first-order chi connectivity index (χ1) is 25.8. The fourth-order valence-corrected chi connectivity index (χ4v) is 9.21. The Kier molecular flexibility index (Phi) is 6.42. The lowest BCUT2D eigenvalue weighted by Crippen LogP contribution is -2.10. The molecule has 244 valence electrons. The van der Waals surface area contributed by atoms with Crippen molar-refractivity contribution in [3.63, 3.8) is 0 Å². The van der Waals surface area contributed by atoms with Gasteiger partial charge in [-0.3, -0.25) is 0 Å². The molecule has 0 N–H and O–H groups in total. The van der Waals surface area contributed by atoms with Crippen molar-refractivity contribution in [3.05, 3.63) is 176 Å². The van der Waals surface area contributed by atoms with Gasteiger partial charge in [0, 0.05) is 60.0 Å². The molecule has 0 saturated heterocycles. The van der Waals surface area contributed by atoms with E-state index in [1.54, 1.807) is 0 Å². The third kappa shape index (κ3) is 4.45. The van der Waals surface area contributed by atoms with E-state index in [0.29, 0.717) is 0 Å². The molecule has 11 rings (SSSR count). The predicted octanol–water partition coefficient (Wildman–Crippen LogP) is 14.7. The van der Waals surface area contributed by atoms with E-state index in [4.69, 9.17) is 8.83 Å². The molecule has 0 spiro atoms. The van der Waals surface area contributed by atoms with Crippen molar-refractivity contribution in [2.75, 3.05) is 4.90 Å². The van der Waals surface area contributed by atoms with Crippen LogP contribution in [0.15, 0.2) is 185 Å². The summed E-state index contributed by atoms with van der Waals surface area (Å²) in [4.78, 5) is 2.37. The number of fused-ring (bicyclic) bond motifs is 9. The van der Waals surface area contributed by atoms with E-state index >= 15 is 0 Å². The van der Waals surface area contributed by atoms with Gasteiger partial charge in [-0.2, -0.15) is 0 Å². The fraction of sp³-hybridized carbons (Fsp3) is 0. The second-order valence-corrected chi connectivity index (χ2v) is 14.3. The lowest BCUT2D eigenvalue weighted by molar-refractivity contribution is 0.669. The number of para-hydroxylation sites is 3. The van der Waals surface area contributed by atoms with Crippen LogP contribution < -0.4 is 4.90 Å². The van der Waals surface area contributed by atoms with Crippen LogP contribution in [0.4, 0.5) is 17.1 Å². The van der Waals surface area contributed by atoms with Gasteiger partial charge in [0.25, 0.3) is 0 Å². The largest absolute Gasteiger partial charge is 0.456 e. The van der Waals surface area contributed by atoms with Gasteiger partial charge < -0.3 is 13.7 Å². The van der Waals surface area contributed by atoms with E-state index in [9.17, 15) is 0 Å². The highest BCUT2D eigenvalue weighted by molar-refractivity contribution is 7.27. The molecular formula is C48H29NO2S. The van der Waals surface area contributed by atoms with Gasteiger partial charge in [0.15, 0.2) is 0 Å². The summed E-state index contributed by atoms with van der Waals surface area (Å²) < 4.78 is 15.4. The molecule has 4 heteroatoms. The molecule has 0 atom stereocenters. The minimum atomic E-state index is 0.867. The number of thiophene rings is 1. The number of hydrogen-bond acceptors (Lipinski definition) is 4. The van der Waals surface area contributed by atoms with Gasteiger partial charge in [0.2, 0.25) is 0 Å². The average molecular weight is 684 g/mol. The first-order valence-corrected chi connectivity index (χ1v) is 18.3. The van der Waals surface area contributed by atoms with Crippen LogP contribution in [-0.2, 0) is 0 Å². The number of hydrogen-bond donors (Lipinski definition) is 0. The topological polar surface area (TPSA) is 29.5 Å². The van der Waals surface area contributed by atoms with E-state index in [1.165, 1.54) is 31.3 Å². The molecule has 3 aromatic heterocycles. The van der Waals surface area contributed by atoms with Crippen molar-refractivity contribution < 1.29 is 8.83 Å². The van der Waals surface area contributed by atoms with E-state index in [1.807, 2.05) is 35.6 Å². The molecule has 8 aromatic carbocycles. The zero-order valence-electron chi connectivity index (χ0n) is 27.9. The number of rotatable bonds is 5. The second kappa shape index (κ2) is 11.5. The van der Waals surface area contributed by atoms with Crippen molar-refractivity contribution in [1.82, 2.24) is 0 Å². The Labute approximate surface area is 303 Å². The summed E-state index contributed by atoms with van der Waals surface area (Å²) in [5.41, 5.74) is 11.5. The van der Waals surface area contributed by atoms with E-state index in [-0.39, 0.29) is 0 Å². The smallest absolute Gasteiger partial charge is 0.143 e. The summed E-state index contributed by atoms with van der Waals surface area (Å²) in [5.74, 6) is 0. The fourth-order valence-electron chi connectivity index (χ4n) is 7.87. The Morgan fingerprint density at radius 3 is 1.75 bits per heavy atom. The molecule has 0 aliphatic carbocycles. The van der Waals surface area contributed by atoms with Crippen LogP contribution in [0.1, 0.15) is 0 Å². The maximum Gasteiger partial charge on any atom is 0.143 e. The number of nitrogens with zero attached hydrogens (tertiary/aromatic N) is 1. The molecular weight excluding hydrogens is 655 g/mol. The van der Waals surface area contributed by atoms with Gasteiger partial charge in [-0.15, -0.1) is 11.3 Å². The predicted molar refractivity (Wildman–Crippen MR) is 219 cm³/mol. The lowest BCUT2D eigenvalue weighted by atomic mass is 10.0. The molecule has 3 heterocycles. The van der Waals surface area contributed by atoms with Gasteiger partial charge in [0.05, 0.1) is 10.4 Å². The maximum absolute atomic E-state index is 6.42. The maximum atomic E-state index is 6.42. The van der Waals surface area contributed by atoms with Crippen molar-refractivity contribution in [2.24, 2.45) is 0 Å². The molecule has 0 amide bonds. The Balaban J connectivity index is 1.12. The van der Waals surface area contributed by atoms with Gasteiger partial charge >= 0.3 is 0 Å². The number of anilines is 3. The van der Waals surface area contributed by atoms with Crippen molar-refractivity contribution >= 4 is 92.4 Å². The Hall–Kier alpha value is -6.62. The van der Waals surface area contributed by atoms with E-state index < -0.39 is 0 Å². The first kappa shape index (κ1) is 29.1. The molecule has 3 nitrogen and oxygen atoms in total. The number of benzene rings is 8. The molecule has 0 aliphatic heterocycles. The van der Waals surface area contributed by atoms with Gasteiger partial charge in [-0.05, 0) is 59.2 Å². The van der Waals surface area contributed by atoms with Gasteiger partial charge in [0.1, 0.15) is 22.3 Å². The minimum Gasteiger partial charge on any atom is -0.456 e. The van der Waals surface area contributed by atoms with Crippen LogP contribution in [0.3, 0.4) is 0 Å². The summed E-state index contributed by atoms with van der Waals surface area (Å²) in [5, 5.41) is 7.02. The van der Waals surface area contributed by atoms with Crippen LogP contribution in [0.25, 0.3) is 86.3 Å². The van der Waals surface area contributed by atoms with Crippen molar-refractivity contribution in [1.29, 1.82) is 0 Å². The molecule has 0 bridgehead atoms.